The molecule has 0 unspecified atom stereocenters. The van der Waals surface area contributed by atoms with E-state index in [1.807, 2.05) is 32.0 Å². The van der Waals surface area contributed by atoms with Crippen molar-refractivity contribution < 1.29 is 18.5 Å². The minimum absolute atomic E-state index is 0.100. The summed E-state index contributed by atoms with van der Waals surface area (Å²) in [6, 6.07) is 6.78. The normalized spacial score (nSPS) is 17.1. The van der Waals surface area contributed by atoms with Gasteiger partial charge in [0.25, 0.3) is 0 Å². The fourth-order valence-electron chi connectivity index (χ4n) is 4.10. The second-order valence-corrected chi connectivity index (χ2v) is 10.4. The Morgan fingerprint density at radius 2 is 2.15 bits per heavy atom. The predicted molar refractivity (Wildman–Crippen MR) is 123 cm³/mol. The number of anilines is 1. The van der Waals surface area contributed by atoms with Crippen molar-refractivity contribution in [2.75, 3.05) is 12.4 Å². The summed E-state index contributed by atoms with van der Waals surface area (Å²) in [4.78, 5) is 17.1. The number of benzene rings is 1. The molecule has 10 nitrogen and oxygen atoms in total. The number of carbonyl (C=O) groups is 1. The Morgan fingerprint density at radius 1 is 1.33 bits per heavy atom. The van der Waals surface area contributed by atoms with E-state index in [9.17, 15) is 9.00 Å². The summed E-state index contributed by atoms with van der Waals surface area (Å²) in [7, 11) is -2.04. The van der Waals surface area contributed by atoms with Crippen molar-refractivity contribution in [2.45, 2.75) is 43.7 Å². The van der Waals surface area contributed by atoms with Gasteiger partial charge in [-0.05, 0) is 49.4 Å². The zero-order chi connectivity index (χ0) is 23.4. The molecule has 172 valence electrons. The van der Waals surface area contributed by atoms with Crippen LogP contribution >= 0.6 is 0 Å². The molecule has 2 aliphatic rings. The van der Waals surface area contributed by atoms with Crippen LogP contribution in [0.4, 0.5) is 10.5 Å². The van der Waals surface area contributed by atoms with Crippen LogP contribution in [0.5, 0.6) is 11.8 Å². The van der Waals surface area contributed by atoms with Crippen LogP contribution in [0.15, 0.2) is 45.9 Å². The van der Waals surface area contributed by atoms with Gasteiger partial charge in [0, 0.05) is 17.8 Å². The van der Waals surface area contributed by atoms with E-state index in [2.05, 4.69) is 19.8 Å². The average molecular weight is 469 g/mol. The molecule has 1 atom stereocenters. The van der Waals surface area contributed by atoms with Gasteiger partial charge in [0.05, 0.1) is 25.5 Å². The predicted octanol–water partition coefficient (Wildman–Crippen LogP) is 3.16. The maximum Gasteiger partial charge on any atom is 0.354 e. The van der Waals surface area contributed by atoms with Gasteiger partial charge < -0.3 is 14.8 Å². The number of ether oxygens (including phenoxy) is 2. The highest BCUT2D eigenvalue weighted by Crippen LogP contribution is 2.39. The molecule has 0 saturated heterocycles. The molecule has 3 heterocycles. The summed E-state index contributed by atoms with van der Waals surface area (Å²) >= 11 is 0. The van der Waals surface area contributed by atoms with Crippen LogP contribution in [0.25, 0.3) is 11.1 Å². The number of aryl methyl sites for hydroxylation is 1. The third kappa shape index (κ3) is 3.83. The van der Waals surface area contributed by atoms with Gasteiger partial charge in [-0.15, -0.1) is 4.36 Å². The number of fused-ring (bicyclic) bond motifs is 2. The average Bonchev–Trinajstić information content (AvgIpc) is 3.24. The molecule has 0 fully saturated rings. The molecule has 2 aromatic heterocycles. The molecule has 5 rings (SSSR count). The van der Waals surface area contributed by atoms with Crippen LogP contribution in [0.1, 0.15) is 25.0 Å². The maximum absolute atomic E-state index is 13.2. The number of urea groups is 1. The molecule has 3 aromatic rings. The van der Waals surface area contributed by atoms with Crippen LogP contribution < -0.4 is 19.9 Å². The van der Waals surface area contributed by atoms with Crippen molar-refractivity contribution in [1.82, 2.24) is 14.8 Å². The number of nitrogens with zero attached hydrogens (tertiary/aromatic N) is 4. The molecular formula is C22H24N6O4S. The van der Waals surface area contributed by atoms with E-state index in [-0.39, 0.29) is 10.8 Å². The Bertz CT molecular complexity index is 1400. The van der Waals surface area contributed by atoms with Gasteiger partial charge >= 0.3 is 6.03 Å². The number of nitrogens with two attached hydrogens (primary N) is 1. The fourth-order valence-corrected chi connectivity index (χ4v) is 5.08. The van der Waals surface area contributed by atoms with Crippen LogP contribution in [0.3, 0.4) is 0 Å². The summed E-state index contributed by atoms with van der Waals surface area (Å²) in [5, 5.41) is 13.0. The number of hydrogen-bond acceptors (Lipinski definition) is 6. The van der Waals surface area contributed by atoms with E-state index in [1.54, 1.807) is 24.1 Å². The quantitative estimate of drug-likeness (QED) is 0.604. The zero-order valence-electron chi connectivity index (χ0n) is 18.5. The summed E-state index contributed by atoms with van der Waals surface area (Å²) in [6.07, 6.45) is 4.73. The number of hydrogen-bond donors (Lipinski definition) is 2. The van der Waals surface area contributed by atoms with Gasteiger partial charge in [0.2, 0.25) is 11.8 Å². The summed E-state index contributed by atoms with van der Waals surface area (Å²) in [6.45, 7) is 4.26. The lowest BCUT2D eigenvalue weighted by atomic mass is 9.84. The van der Waals surface area contributed by atoms with E-state index in [0.717, 1.165) is 35.1 Å². The molecule has 11 heteroatoms. The number of nitrogens with one attached hydrogen (secondary N) is 1. The molecule has 2 amide bonds. The van der Waals surface area contributed by atoms with E-state index in [0.29, 0.717) is 18.1 Å². The van der Waals surface area contributed by atoms with Crippen LogP contribution in [0, 0.1) is 0 Å². The van der Waals surface area contributed by atoms with Gasteiger partial charge in [-0.1, -0.05) is 12.1 Å². The number of aromatic nitrogens is 3. The second-order valence-electron chi connectivity index (χ2n) is 8.64. The minimum Gasteiger partial charge on any atom is -0.481 e. The van der Waals surface area contributed by atoms with Gasteiger partial charge in [-0.3, -0.25) is 0 Å². The third-order valence-electron chi connectivity index (χ3n) is 5.74. The third-order valence-corrected chi connectivity index (χ3v) is 7.09. The van der Waals surface area contributed by atoms with Crippen LogP contribution in [-0.4, -0.2) is 37.7 Å². The van der Waals surface area contributed by atoms with Gasteiger partial charge in [-0.2, -0.15) is 5.10 Å². The maximum atomic E-state index is 13.2. The molecule has 0 spiro atoms. The first kappa shape index (κ1) is 21.4. The minimum atomic E-state index is -3.58. The molecule has 33 heavy (non-hydrogen) atoms. The Kier molecular flexibility index (Phi) is 4.91. The lowest BCUT2D eigenvalue weighted by molar-refractivity contribution is 0.132. The lowest BCUT2D eigenvalue weighted by Gasteiger charge is -2.25. The van der Waals surface area contributed by atoms with Crippen molar-refractivity contribution in [1.29, 1.82) is 0 Å². The molecule has 1 aromatic carbocycles. The molecule has 0 bridgehead atoms. The SMILES string of the molecule is COc1cc(-c2ccc3c(c2NC(=O)N=[S@](N)(=O)c2cnn4c2OC(C)(C)C4)CC3)ccn1. The van der Waals surface area contributed by atoms with E-state index in [4.69, 9.17) is 14.6 Å². The zero-order valence-corrected chi connectivity index (χ0v) is 19.3. The Hall–Kier alpha value is -3.44. The molecule has 1 aliphatic heterocycles. The van der Waals surface area contributed by atoms with Crippen LogP contribution in [0.2, 0.25) is 0 Å². The summed E-state index contributed by atoms with van der Waals surface area (Å²) < 4.78 is 29.7. The number of methoxy groups -OCH3 is 1. The highest BCUT2D eigenvalue weighted by atomic mass is 32.2. The first-order valence-corrected chi connectivity index (χ1v) is 12.0. The van der Waals surface area contributed by atoms with E-state index in [1.165, 1.54) is 6.20 Å². The molecule has 0 saturated carbocycles. The number of rotatable bonds is 4. The fraction of sp³-hybridized carbons (Fsp3) is 0.318. The first-order chi connectivity index (χ1) is 15.7. The smallest absolute Gasteiger partial charge is 0.354 e. The van der Waals surface area contributed by atoms with E-state index >= 15 is 0 Å². The molecule has 1 aliphatic carbocycles. The van der Waals surface area contributed by atoms with E-state index < -0.39 is 21.5 Å². The van der Waals surface area contributed by atoms with Crippen molar-refractivity contribution in [2.24, 2.45) is 9.50 Å². The standard InChI is InChI=1S/C22H24N6O4S/c1-22(2)12-28-20(32-22)17(11-25-28)33(23,30)27-21(29)26-19-15-6-4-13(15)5-7-16(19)14-8-9-24-18(10-14)31-3/h5,7-11H,4,6,12H2,1-3H3,(H3,23,26,27,29,30)/t33-/m0/s1. The first-order valence-electron chi connectivity index (χ1n) is 10.4. The van der Waals surface area contributed by atoms with Crippen molar-refractivity contribution in [3.8, 4) is 22.9 Å². The van der Waals surface area contributed by atoms with Crippen molar-refractivity contribution >= 4 is 21.6 Å². The van der Waals surface area contributed by atoms with Crippen molar-refractivity contribution in [3.63, 3.8) is 0 Å². The molecule has 0 radical (unpaired) electrons. The monoisotopic (exact) mass is 468 g/mol. The van der Waals surface area contributed by atoms with Gasteiger partial charge in [0.1, 0.15) is 10.5 Å². The number of carbonyl (C=O) groups excluding carboxylic acids is 1. The van der Waals surface area contributed by atoms with Crippen LogP contribution in [-0.2, 0) is 29.3 Å². The molecule has 3 N–H and O–H groups in total. The Labute approximate surface area is 191 Å². The number of amides is 2. The molecular weight excluding hydrogens is 444 g/mol. The lowest BCUT2D eigenvalue weighted by Crippen LogP contribution is -2.27. The van der Waals surface area contributed by atoms with Crippen molar-refractivity contribution in [3.05, 3.63) is 47.8 Å². The Morgan fingerprint density at radius 3 is 2.88 bits per heavy atom. The van der Waals surface area contributed by atoms with Gasteiger partial charge in [0.15, 0.2) is 9.92 Å². The highest BCUT2D eigenvalue weighted by molar-refractivity contribution is 7.91. The topological polar surface area (TPSA) is 134 Å². The largest absolute Gasteiger partial charge is 0.481 e. The summed E-state index contributed by atoms with van der Waals surface area (Å²) in [5.41, 5.74) is 3.89. The highest BCUT2D eigenvalue weighted by Gasteiger charge is 2.35. The number of pyridine rings is 1. The summed E-state index contributed by atoms with van der Waals surface area (Å²) in [5.74, 6) is 0.734. The second kappa shape index (κ2) is 7.56. The van der Waals surface area contributed by atoms with Gasteiger partial charge in [-0.25, -0.2) is 23.8 Å². The Balaban J connectivity index is 1.50.